The van der Waals surface area contributed by atoms with Crippen LogP contribution in [-0.4, -0.2) is 12.5 Å². The fourth-order valence-electron chi connectivity index (χ4n) is 4.11. The van der Waals surface area contributed by atoms with E-state index in [2.05, 4.69) is 5.92 Å². The molecular formula is C23H19F4NO. The minimum atomic E-state index is -4.43. The van der Waals surface area contributed by atoms with E-state index < -0.39 is 23.5 Å². The molecule has 29 heavy (non-hydrogen) atoms. The zero-order valence-corrected chi connectivity index (χ0v) is 15.6. The smallest absolute Gasteiger partial charge is 0.300 e. The average Bonchev–Trinajstić information content (AvgIpc) is 3.51. The topological polar surface area (TPSA) is 20.3 Å². The molecule has 4 rings (SSSR count). The van der Waals surface area contributed by atoms with Crippen molar-refractivity contribution < 1.29 is 22.4 Å². The first-order valence-corrected chi connectivity index (χ1v) is 9.54. The SMILES string of the molecule is C#CCN1C(=O)C(c2ccc(C(F)(F)F)cc2C2CC2)CCc2cc(F)ccc21. The summed E-state index contributed by atoms with van der Waals surface area (Å²) in [6.07, 6.45) is 3.48. The Balaban J connectivity index is 1.78. The minimum Gasteiger partial charge on any atom is -0.300 e. The predicted molar refractivity (Wildman–Crippen MR) is 102 cm³/mol. The van der Waals surface area contributed by atoms with Gasteiger partial charge in [0.25, 0.3) is 0 Å². The van der Waals surface area contributed by atoms with Crippen molar-refractivity contribution in [3.8, 4) is 12.3 Å². The first-order valence-electron chi connectivity index (χ1n) is 9.54. The third-order valence-electron chi connectivity index (χ3n) is 5.65. The van der Waals surface area contributed by atoms with E-state index in [9.17, 15) is 22.4 Å². The van der Waals surface area contributed by atoms with E-state index in [1.807, 2.05) is 0 Å². The number of hydrogen-bond donors (Lipinski definition) is 0. The maximum Gasteiger partial charge on any atom is 0.416 e. The molecule has 0 bridgehead atoms. The monoisotopic (exact) mass is 401 g/mol. The number of fused-ring (bicyclic) bond motifs is 1. The van der Waals surface area contributed by atoms with Gasteiger partial charge < -0.3 is 0 Å². The summed E-state index contributed by atoms with van der Waals surface area (Å²) < 4.78 is 53.4. The Morgan fingerprint density at radius 3 is 2.48 bits per heavy atom. The summed E-state index contributed by atoms with van der Waals surface area (Å²) in [6, 6.07) is 7.87. The van der Waals surface area contributed by atoms with Gasteiger partial charge in [0, 0.05) is 5.69 Å². The van der Waals surface area contributed by atoms with Gasteiger partial charge in [0.1, 0.15) is 5.82 Å². The Morgan fingerprint density at radius 2 is 1.83 bits per heavy atom. The van der Waals surface area contributed by atoms with Gasteiger partial charge >= 0.3 is 6.18 Å². The lowest BCUT2D eigenvalue weighted by molar-refractivity contribution is -0.137. The van der Waals surface area contributed by atoms with Crippen LogP contribution in [0.1, 0.15) is 53.4 Å². The van der Waals surface area contributed by atoms with Gasteiger partial charge in [0.05, 0.1) is 18.0 Å². The van der Waals surface area contributed by atoms with Crippen molar-refractivity contribution in [2.45, 2.75) is 43.7 Å². The molecule has 2 aromatic rings. The van der Waals surface area contributed by atoms with Gasteiger partial charge in [-0.05, 0) is 78.6 Å². The first kappa shape index (κ1) is 19.5. The van der Waals surface area contributed by atoms with Crippen LogP contribution in [0.2, 0.25) is 0 Å². The van der Waals surface area contributed by atoms with Crippen molar-refractivity contribution in [1.29, 1.82) is 0 Å². The average molecular weight is 401 g/mol. The molecule has 1 heterocycles. The highest BCUT2D eigenvalue weighted by Crippen LogP contribution is 2.47. The molecule has 150 valence electrons. The summed E-state index contributed by atoms with van der Waals surface area (Å²) >= 11 is 0. The van der Waals surface area contributed by atoms with Gasteiger partial charge in [-0.2, -0.15) is 13.2 Å². The number of carbonyl (C=O) groups excluding carboxylic acids is 1. The number of hydrogen-bond acceptors (Lipinski definition) is 1. The quantitative estimate of drug-likeness (QED) is 0.497. The fourth-order valence-corrected chi connectivity index (χ4v) is 4.11. The van der Waals surface area contributed by atoms with Gasteiger partial charge in [-0.25, -0.2) is 4.39 Å². The number of halogens is 4. The van der Waals surface area contributed by atoms with E-state index in [-0.39, 0.29) is 18.4 Å². The van der Waals surface area contributed by atoms with Crippen LogP contribution in [0.25, 0.3) is 0 Å². The maximum absolute atomic E-state index is 13.7. The zero-order chi connectivity index (χ0) is 20.8. The molecule has 1 saturated carbocycles. The van der Waals surface area contributed by atoms with Crippen LogP contribution in [-0.2, 0) is 17.4 Å². The number of terminal acetylenes is 1. The van der Waals surface area contributed by atoms with Gasteiger partial charge in [-0.3, -0.25) is 9.69 Å². The van der Waals surface area contributed by atoms with Crippen molar-refractivity contribution in [2.75, 3.05) is 11.4 Å². The maximum atomic E-state index is 13.7. The molecule has 0 saturated heterocycles. The molecule has 6 heteroatoms. The molecule has 2 aliphatic rings. The number of amides is 1. The number of anilines is 1. The molecule has 0 N–H and O–H groups in total. The standard InChI is InChI=1S/C23H19F4NO/c1-2-11-28-21-10-7-17(24)12-15(21)5-8-19(22(28)29)18-9-6-16(23(25,26)27)13-20(18)14-3-4-14/h1,6-7,9-10,12-14,19H,3-5,8,11H2. The second-order valence-electron chi connectivity index (χ2n) is 7.61. The van der Waals surface area contributed by atoms with E-state index in [0.717, 1.165) is 18.9 Å². The number of carbonyl (C=O) groups is 1. The molecule has 1 aliphatic heterocycles. The van der Waals surface area contributed by atoms with Gasteiger partial charge in [0.2, 0.25) is 5.91 Å². The van der Waals surface area contributed by atoms with Crippen molar-refractivity contribution in [3.05, 3.63) is 64.5 Å². The van der Waals surface area contributed by atoms with E-state index in [0.29, 0.717) is 35.2 Å². The molecule has 1 amide bonds. The van der Waals surface area contributed by atoms with Crippen molar-refractivity contribution in [1.82, 2.24) is 0 Å². The number of alkyl halides is 3. The summed E-state index contributed by atoms with van der Waals surface area (Å²) in [4.78, 5) is 14.8. The number of rotatable bonds is 3. The van der Waals surface area contributed by atoms with E-state index in [1.165, 1.54) is 35.2 Å². The van der Waals surface area contributed by atoms with Gasteiger partial charge in [-0.1, -0.05) is 12.0 Å². The first-order chi connectivity index (χ1) is 13.8. The molecule has 0 spiro atoms. The third-order valence-corrected chi connectivity index (χ3v) is 5.65. The molecule has 2 nitrogen and oxygen atoms in total. The summed E-state index contributed by atoms with van der Waals surface area (Å²) in [6.45, 7) is 0.0212. The lowest BCUT2D eigenvalue weighted by atomic mass is 9.86. The van der Waals surface area contributed by atoms with Crippen molar-refractivity contribution in [2.24, 2.45) is 0 Å². The van der Waals surface area contributed by atoms with Crippen LogP contribution >= 0.6 is 0 Å². The van der Waals surface area contributed by atoms with Crippen molar-refractivity contribution >= 4 is 11.6 Å². The number of benzene rings is 2. The molecule has 1 unspecified atom stereocenters. The van der Waals surface area contributed by atoms with E-state index >= 15 is 0 Å². The molecule has 2 aromatic carbocycles. The second kappa shape index (κ2) is 7.22. The Hall–Kier alpha value is -2.81. The molecular weight excluding hydrogens is 382 g/mol. The van der Waals surface area contributed by atoms with Crippen LogP contribution in [0.5, 0.6) is 0 Å². The fraction of sp³-hybridized carbons (Fsp3) is 0.348. The minimum absolute atomic E-state index is 0.0212. The summed E-state index contributed by atoms with van der Waals surface area (Å²) in [5.41, 5.74) is 1.76. The van der Waals surface area contributed by atoms with E-state index in [1.54, 1.807) is 0 Å². The number of nitrogens with zero attached hydrogens (tertiary/aromatic N) is 1. The van der Waals surface area contributed by atoms with Gasteiger partial charge in [0.15, 0.2) is 0 Å². The highest BCUT2D eigenvalue weighted by atomic mass is 19.4. The Bertz CT molecular complexity index is 1000. The van der Waals surface area contributed by atoms with Crippen LogP contribution in [0, 0.1) is 18.2 Å². The van der Waals surface area contributed by atoms with E-state index in [4.69, 9.17) is 6.42 Å². The Morgan fingerprint density at radius 1 is 1.07 bits per heavy atom. The lowest BCUT2D eigenvalue weighted by Crippen LogP contribution is -2.35. The molecule has 1 atom stereocenters. The largest absolute Gasteiger partial charge is 0.416 e. The van der Waals surface area contributed by atoms with Crippen LogP contribution in [0.15, 0.2) is 36.4 Å². The highest BCUT2D eigenvalue weighted by molar-refractivity contribution is 6.00. The summed E-state index contributed by atoms with van der Waals surface area (Å²) in [5, 5.41) is 0. The summed E-state index contributed by atoms with van der Waals surface area (Å²) in [5.74, 6) is 1.24. The van der Waals surface area contributed by atoms with Crippen LogP contribution in [0.4, 0.5) is 23.2 Å². The summed E-state index contributed by atoms with van der Waals surface area (Å²) in [7, 11) is 0. The molecule has 1 aliphatic carbocycles. The Labute approximate surface area is 166 Å². The number of aryl methyl sites for hydroxylation is 1. The van der Waals surface area contributed by atoms with Crippen molar-refractivity contribution in [3.63, 3.8) is 0 Å². The third kappa shape index (κ3) is 3.74. The normalized spacial score (nSPS) is 19.5. The van der Waals surface area contributed by atoms with Crippen LogP contribution in [0.3, 0.4) is 0 Å². The predicted octanol–water partition coefficient (Wildman–Crippen LogP) is 5.42. The van der Waals surface area contributed by atoms with Crippen LogP contribution < -0.4 is 4.90 Å². The highest BCUT2D eigenvalue weighted by Gasteiger charge is 2.38. The zero-order valence-electron chi connectivity index (χ0n) is 15.6. The Kier molecular flexibility index (Phi) is 4.85. The molecule has 0 aromatic heterocycles. The van der Waals surface area contributed by atoms with Gasteiger partial charge in [-0.15, -0.1) is 6.42 Å². The second-order valence-corrected chi connectivity index (χ2v) is 7.61. The molecule has 0 radical (unpaired) electrons. The molecule has 1 fully saturated rings. The lowest BCUT2D eigenvalue weighted by Gasteiger charge is -2.26.